The minimum absolute atomic E-state index is 1.33. The summed E-state index contributed by atoms with van der Waals surface area (Å²) in [6, 6.07) is 13.8. The van der Waals surface area contributed by atoms with E-state index in [1.54, 1.807) is 0 Å². The lowest BCUT2D eigenvalue weighted by molar-refractivity contribution is 1.32. The SMILES string of the molecule is Cc1cc(C)c(-c2ccsc2-c2sccc2-c2c(C)cc(C)cc2C)c(C)c1. The smallest absolute Gasteiger partial charge is 0.0527 e. The van der Waals surface area contributed by atoms with Gasteiger partial charge in [-0.3, -0.25) is 0 Å². The molecule has 0 radical (unpaired) electrons. The Balaban J connectivity index is 1.93. The molecule has 0 saturated carbocycles. The number of thiophene rings is 2. The summed E-state index contributed by atoms with van der Waals surface area (Å²) in [6.07, 6.45) is 0. The Labute approximate surface area is 176 Å². The van der Waals surface area contributed by atoms with Gasteiger partial charge >= 0.3 is 0 Å². The van der Waals surface area contributed by atoms with E-state index in [-0.39, 0.29) is 0 Å². The van der Waals surface area contributed by atoms with Crippen molar-refractivity contribution in [3.05, 3.63) is 80.5 Å². The van der Waals surface area contributed by atoms with Gasteiger partial charge in [0.2, 0.25) is 0 Å². The molecule has 142 valence electrons. The molecule has 4 aromatic rings. The van der Waals surface area contributed by atoms with Crippen LogP contribution < -0.4 is 0 Å². The summed E-state index contributed by atoms with van der Waals surface area (Å²) in [5.74, 6) is 0. The zero-order valence-corrected chi connectivity index (χ0v) is 19.1. The zero-order valence-electron chi connectivity index (χ0n) is 17.4. The Morgan fingerprint density at radius 3 is 1.14 bits per heavy atom. The molecular formula is C26H26S2. The van der Waals surface area contributed by atoms with E-state index in [2.05, 4.69) is 88.7 Å². The lowest BCUT2D eigenvalue weighted by Crippen LogP contribution is -1.92. The van der Waals surface area contributed by atoms with Gasteiger partial charge in [0.25, 0.3) is 0 Å². The molecule has 0 N–H and O–H groups in total. The molecule has 0 spiro atoms. The Kier molecular flexibility index (Phi) is 5.03. The van der Waals surface area contributed by atoms with Gasteiger partial charge in [0.05, 0.1) is 9.75 Å². The summed E-state index contributed by atoms with van der Waals surface area (Å²) in [6.45, 7) is 13.3. The van der Waals surface area contributed by atoms with Crippen molar-refractivity contribution in [2.24, 2.45) is 0 Å². The maximum atomic E-state index is 2.30. The van der Waals surface area contributed by atoms with Crippen molar-refractivity contribution in [1.82, 2.24) is 0 Å². The fraction of sp³-hybridized carbons (Fsp3) is 0.231. The van der Waals surface area contributed by atoms with Gasteiger partial charge in [-0.2, -0.15) is 0 Å². The van der Waals surface area contributed by atoms with Gasteiger partial charge in [-0.05, 0) is 97.8 Å². The number of aryl methyl sites for hydroxylation is 6. The van der Waals surface area contributed by atoms with Crippen LogP contribution in [-0.4, -0.2) is 0 Å². The first kappa shape index (κ1) is 19.2. The molecule has 0 aliphatic carbocycles. The molecule has 0 aliphatic heterocycles. The van der Waals surface area contributed by atoms with Crippen LogP contribution in [0.5, 0.6) is 0 Å². The van der Waals surface area contributed by atoms with Crippen molar-refractivity contribution in [3.63, 3.8) is 0 Å². The first-order chi connectivity index (χ1) is 13.4. The monoisotopic (exact) mass is 402 g/mol. The highest BCUT2D eigenvalue weighted by atomic mass is 32.1. The third kappa shape index (κ3) is 3.25. The molecule has 2 heterocycles. The fourth-order valence-corrected chi connectivity index (χ4v) is 6.57. The molecule has 0 bridgehead atoms. The van der Waals surface area contributed by atoms with E-state index < -0.39 is 0 Å². The summed E-state index contributed by atoms with van der Waals surface area (Å²) in [4.78, 5) is 2.78. The van der Waals surface area contributed by atoms with E-state index in [9.17, 15) is 0 Å². The summed E-state index contributed by atoms with van der Waals surface area (Å²) in [5, 5.41) is 4.48. The number of rotatable bonds is 3. The summed E-state index contributed by atoms with van der Waals surface area (Å²) >= 11 is 3.72. The molecule has 0 atom stereocenters. The van der Waals surface area contributed by atoms with Gasteiger partial charge in [-0.25, -0.2) is 0 Å². The molecule has 4 rings (SSSR count). The van der Waals surface area contributed by atoms with Crippen LogP contribution in [0, 0.1) is 41.5 Å². The van der Waals surface area contributed by atoms with E-state index >= 15 is 0 Å². The predicted octanol–water partition coefficient (Wildman–Crippen LogP) is 8.66. The van der Waals surface area contributed by atoms with Crippen molar-refractivity contribution >= 4 is 22.7 Å². The Morgan fingerprint density at radius 2 is 0.821 bits per heavy atom. The second-order valence-corrected chi connectivity index (χ2v) is 9.71. The van der Waals surface area contributed by atoms with Crippen LogP contribution in [0.2, 0.25) is 0 Å². The van der Waals surface area contributed by atoms with Gasteiger partial charge in [0.15, 0.2) is 0 Å². The largest absolute Gasteiger partial charge is 0.142 e. The second-order valence-electron chi connectivity index (χ2n) is 7.87. The number of hydrogen-bond donors (Lipinski definition) is 0. The van der Waals surface area contributed by atoms with Crippen LogP contribution in [0.3, 0.4) is 0 Å². The van der Waals surface area contributed by atoms with Gasteiger partial charge in [-0.1, -0.05) is 35.4 Å². The van der Waals surface area contributed by atoms with Gasteiger partial charge in [0, 0.05) is 11.1 Å². The molecular weight excluding hydrogens is 376 g/mol. The highest BCUT2D eigenvalue weighted by molar-refractivity contribution is 7.21. The molecule has 2 heteroatoms. The third-order valence-corrected chi connectivity index (χ3v) is 7.42. The van der Waals surface area contributed by atoms with Crippen molar-refractivity contribution in [2.75, 3.05) is 0 Å². The molecule has 0 amide bonds. The first-order valence-corrected chi connectivity index (χ1v) is 11.4. The summed E-state index contributed by atoms with van der Waals surface area (Å²) < 4.78 is 0. The molecule has 0 aliphatic rings. The third-order valence-electron chi connectivity index (χ3n) is 5.43. The van der Waals surface area contributed by atoms with E-state index in [1.165, 1.54) is 65.4 Å². The van der Waals surface area contributed by atoms with Crippen molar-refractivity contribution in [3.8, 4) is 32.0 Å². The minimum Gasteiger partial charge on any atom is -0.142 e. The summed E-state index contributed by atoms with van der Waals surface area (Å²) in [5.41, 5.74) is 13.6. The Morgan fingerprint density at radius 1 is 0.500 bits per heavy atom. The quantitative estimate of drug-likeness (QED) is 0.321. The summed E-state index contributed by atoms with van der Waals surface area (Å²) in [7, 11) is 0. The zero-order chi connectivity index (χ0) is 20.0. The van der Waals surface area contributed by atoms with Crippen molar-refractivity contribution < 1.29 is 0 Å². The standard InChI is InChI=1S/C26H26S2/c1-15-11-17(3)23(18(4)12-15)21-7-9-27-25(21)26-22(8-10-28-26)24-19(5)13-16(2)14-20(24)6/h7-14H,1-6H3. The fourth-order valence-electron chi connectivity index (χ4n) is 4.57. The van der Waals surface area contributed by atoms with Crippen LogP contribution in [0.4, 0.5) is 0 Å². The lowest BCUT2D eigenvalue weighted by atomic mass is 9.91. The molecule has 0 fully saturated rings. The molecule has 28 heavy (non-hydrogen) atoms. The Hall–Kier alpha value is -2.16. The van der Waals surface area contributed by atoms with Gasteiger partial charge < -0.3 is 0 Å². The Bertz CT molecular complexity index is 1030. The van der Waals surface area contributed by atoms with Crippen molar-refractivity contribution in [1.29, 1.82) is 0 Å². The molecule has 0 nitrogen and oxygen atoms in total. The average molecular weight is 403 g/mol. The predicted molar refractivity (Wildman–Crippen MR) is 127 cm³/mol. The maximum absolute atomic E-state index is 2.30. The highest BCUT2D eigenvalue weighted by Crippen LogP contribution is 2.47. The topological polar surface area (TPSA) is 0 Å². The molecule has 0 unspecified atom stereocenters. The van der Waals surface area contributed by atoms with Gasteiger partial charge in [-0.15, -0.1) is 22.7 Å². The normalized spacial score (nSPS) is 11.2. The second kappa shape index (κ2) is 7.35. The minimum atomic E-state index is 1.33. The van der Waals surface area contributed by atoms with Crippen LogP contribution in [0.25, 0.3) is 32.0 Å². The molecule has 0 saturated heterocycles. The average Bonchev–Trinajstić information content (AvgIpc) is 3.22. The van der Waals surface area contributed by atoms with Crippen molar-refractivity contribution in [2.45, 2.75) is 41.5 Å². The number of benzene rings is 2. The van der Waals surface area contributed by atoms with Crippen LogP contribution in [0.15, 0.2) is 47.2 Å². The first-order valence-electron chi connectivity index (χ1n) is 9.68. The highest BCUT2D eigenvalue weighted by Gasteiger charge is 2.19. The lowest BCUT2D eigenvalue weighted by Gasteiger charge is -2.15. The van der Waals surface area contributed by atoms with Crippen LogP contribution >= 0.6 is 22.7 Å². The van der Waals surface area contributed by atoms with Crippen LogP contribution in [0.1, 0.15) is 33.4 Å². The van der Waals surface area contributed by atoms with Gasteiger partial charge in [0.1, 0.15) is 0 Å². The number of hydrogen-bond acceptors (Lipinski definition) is 2. The van der Waals surface area contributed by atoms with Crippen LogP contribution in [-0.2, 0) is 0 Å². The molecule has 2 aromatic carbocycles. The van der Waals surface area contributed by atoms with E-state index in [1.807, 2.05) is 22.7 Å². The maximum Gasteiger partial charge on any atom is 0.0527 e. The van der Waals surface area contributed by atoms with E-state index in [0.717, 1.165) is 0 Å². The molecule has 2 aromatic heterocycles. The van der Waals surface area contributed by atoms with E-state index in [4.69, 9.17) is 0 Å². The van der Waals surface area contributed by atoms with E-state index in [0.29, 0.717) is 0 Å².